The predicted molar refractivity (Wildman–Crippen MR) is 71.8 cm³/mol. The Hall–Kier alpha value is -1.62. The van der Waals surface area contributed by atoms with Crippen molar-refractivity contribution in [2.45, 2.75) is 31.7 Å². The molecule has 0 saturated heterocycles. The molecule has 3 rings (SSSR count). The van der Waals surface area contributed by atoms with E-state index in [0.29, 0.717) is 12.6 Å². The van der Waals surface area contributed by atoms with Gasteiger partial charge in [-0.1, -0.05) is 0 Å². The van der Waals surface area contributed by atoms with Gasteiger partial charge in [0.2, 0.25) is 0 Å². The second-order valence-electron chi connectivity index (χ2n) is 4.96. The van der Waals surface area contributed by atoms with Gasteiger partial charge in [0.25, 0.3) is 0 Å². The first-order valence-electron chi connectivity index (χ1n) is 6.56. The maximum absolute atomic E-state index is 5.55. The second kappa shape index (κ2) is 4.57. The molecule has 18 heavy (non-hydrogen) atoms. The average molecular weight is 245 g/mol. The molecule has 0 atom stereocenters. The third-order valence-corrected chi connectivity index (χ3v) is 3.74. The highest BCUT2D eigenvalue weighted by Crippen LogP contribution is 2.26. The van der Waals surface area contributed by atoms with Crippen molar-refractivity contribution < 1.29 is 0 Å². The van der Waals surface area contributed by atoms with E-state index in [4.69, 9.17) is 5.73 Å². The van der Waals surface area contributed by atoms with Gasteiger partial charge >= 0.3 is 0 Å². The number of hydrogen-bond donors (Lipinski definition) is 1. The summed E-state index contributed by atoms with van der Waals surface area (Å²) in [6.07, 6.45) is 6.66. The highest BCUT2D eigenvalue weighted by atomic mass is 15.3. The summed E-state index contributed by atoms with van der Waals surface area (Å²) in [5.41, 5.74) is 7.45. The summed E-state index contributed by atoms with van der Waals surface area (Å²) < 4.78 is 1.86. The predicted octanol–water partition coefficient (Wildman–Crippen LogP) is 1.22. The minimum Gasteiger partial charge on any atom is -0.355 e. The summed E-state index contributed by atoms with van der Waals surface area (Å²) in [5, 5.41) is 4.62. The zero-order chi connectivity index (χ0) is 12.5. The highest BCUT2D eigenvalue weighted by molar-refractivity contribution is 5.47. The Kier molecular flexibility index (Phi) is 2.91. The first kappa shape index (κ1) is 11.5. The Balaban J connectivity index is 1.89. The van der Waals surface area contributed by atoms with E-state index in [-0.39, 0.29) is 0 Å². The monoisotopic (exact) mass is 245 g/mol. The van der Waals surface area contributed by atoms with Crippen LogP contribution in [-0.2, 0) is 6.42 Å². The number of anilines is 1. The van der Waals surface area contributed by atoms with Gasteiger partial charge in [-0.25, -0.2) is 9.50 Å². The number of imidazole rings is 1. The molecule has 1 saturated carbocycles. The van der Waals surface area contributed by atoms with Crippen molar-refractivity contribution in [3.63, 3.8) is 0 Å². The average Bonchev–Trinajstić information content (AvgIpc) is 2.68. The van der Waals surface area contributed by atoms with E-state index < -0.39 is 0 Å². The number of rotatable bonds is 4. The topological polar surface area (TPSA) is 59.5 Å². The Morgan fingerprint density at radius 1 is 1.44 bits per heavy atom. The largest absolute Gasteiger partial charge is 0.355 e. The van der Waals surface area contributed by atoms with Crippen LogP contribution in [0.2, 0.25) is 0 Å². The quantitative estimate of drug-likeness (QED) is 0.880. The fourth-order valence-electron chi connectivity index (χ4n) is 2.34. The van der Waals surface area contributed by atoms with Gasteiger partial charge in [-0.05, 0) is 37.9 Å². The van der Waals surface area contributed by atoms with E-state index in [1.807, 2.05) is 22.8 Å². The molecule has 1 aliphatic rings. The number of fused-ring (bicyclic) bond motifs is 1. The molecular formula is C13H19N5. The molecule has 0 amide bonds. The van der Waals surface area contributed by atoms with Crippen LogP contribution in [0.3, 0.4) is 0 Å². The number of aromatic nitrogens is 3. The fraction of sp³-hybridized carbons (Fsp3) is 0.538. The van der Waals surface area contributed by atoms with Crippen LogP contribution in [0.25, 0.3) is 5.65 Å². The van der Waals surface area contributed by atoms with Crippen LogP contribution < -0.4 is 10.6 Å². The molecule has 1 fully saturated rings. The Labute approximate surface area is 107 Å². The van der Waals surface area contributed by atoms with Gasteiger partial charge in [-0.3, -0.25) is 0 Å². The molecular weight excluding hydrogens is 226 g/mol. The van der Waals surface area contributed by atoms with Crippen molar-refractivity contribution in [2.24, 2.45) is 5.73 Å². The lowest BCUT2D eigenvalue weighted by Gasteiger charge is -2.35. The summed E-state index contributed by atoms with van der Waals surface area (Å²) in [6.45, 7) is 0.624. The molecule has 0 bridgehead atoms. The van der Waals surface area contributed by atoms with Gasteiger partial charge in [0.1, 0.15) is 5.82 Å². The van der Waals surface area contributed by atoms with Crippen LogP contribution in [-0.4, -0.2) is 34.2 Å². The van der Waals surface area contributed by atoms with Crippen LogP contribution in [0.5, 0.6) is 0 Å². The molecule has 0 radical (unpaired) electrons. The molecule has 2 N–H and O–H groups in total. The summed E-state index contributed by atoms with van der Waals surface area (Å²) >= 11 is 0. The highest BCUT2D eigenvalue weighted by Gasteiger charge is 2.23. The van der Waals surface area contributed by atoms with Crippen molar-refractivity contribution in [1.82, 2.24) is 14.6 Å². The van der Waals surface area contributed by atoms with Gasteiger partial charge in [-0.15, -0.1) is 5.10 Å². The molecule has 0 unspecified atom stereocenters. The number of nitrogens with zero attached hydrogens (tertiary/aromatic N) is 4. The molecule has 0 aromatic carbocycles. The molecule has 96 valence electrons. The molecule has 2 heterocycles. The maximum Gasteiger partial charge on any atom is 0.153 e. The standard InChI is InChI=1S/C13H19N5/c1-17(11-3-2-4-11)13-6-5-12-15-10(7-8-14)9-18(12)16-13/h5-6,9,11H,2-4,7-8,14H2,1H3. The smallest absolute Gasteiger partial charge is 0.153 e. The van der Waals surface area contributed by atoms with Crippen LogP contribution in [0.4, 0.5) is 5.82 Å². The minimum absolute atomic E-state index is 0.624. The number of nitrogens with two attached hydrogens (primary N) is 1. The lowest BCUT2D eigenvalue weighted by Crippen LogP contribution is -2.37. The van der Waals surface area contributed by atoms with E-state index in [1.54, 1.807) is 0 Å². The Morgan fingerprint density at radius 3 is 2.94 bits per heavy atom. The first-order valence-corrected chi connectivity index (χ1v) is 6.56. The van der Waals surface area contributed by atoms with Crippen molar-refractivity contribution >= 4 is 11.5 Å². The fourth-order valence-corrected chi connectivity index (χ4v) is 2.34. The Bertz CT molecular complexity index is 543. The van der Waals surface area contributed by atoms with Gasteiger partial charge in [0, 0.05) is 19.5 Å². The van der Waals surface area contributed by atoms with E-state index in [9.17, 15) is 0 Å². The van der Waals surface area contributed by atoms with Crippen molar-refractivity contribution in [2.75, 3.05) is 18.5 Å². The summed E-state index contributed by atoms with van der Waals surface area (Å²) in [6, 6.07) is 4.73. The van der Waals surface area contributed by atoms with Gasteiger partial charge in [-0.2, -0.15) is 0 Å². The molecule has 0 spiro atoms. The van der Waals surface area contributed by atoms with Crippen LogP contribution >= 0.6 is 0 Å². The van der Waals surface area contributed by atoms with Crippen LogP contribution in [0, 0.1) is 0 Å². The van der Waals surface area contributed by atoms with E-state index in [2.05, 4.69) is 22.0 Å². The maximum atomic E-state index is 5.55. The number of hydrogen-bond acceptors (Lipinski definition) is 4. The molecule has 1 aliphatic carbocycles. The van der Waals surface area contributed by atoms with Crippen LogP contribution in [0.15, 0.2) is 18.3 Å². The lowest BCUT2D eigenvalue weighted by molar-refractivity contribution is 0.398. The van der Waals surface area contributed by atoms with Crippen molar-refractivity contribution in [1.29, 1.82) is 0 Å². The van der Waals surface area contributed by atoms with Crippen LogP contribution in [0.1, 0.15) is 25.0 Å². The molecule has 5 heteroatoms. The summed E-state index contributed by atoms with van der Waals surface area (Å²) in [4.78, 5) is 6.75. The van der Waals surface area contributed by atoms with E-state index >= 15 is 0 Å². The Morgan fingerprint density at radius 2 is 2.28 bits per heavy atom. The van der Waals surface area contributed by atoms with Crippen molar-refractivity contribution in [3.8, 4) is 0 Å². The summed E-state index contributed by atoms with van der Waals surface area (Å²) in [5.74, 6) is 1.02. The van der Waals surface area contributed by atoms with Gasteiger partial charge in [0.05, 0.1) is 11.9 Å². The molecule has 2 aromatic heterocycles. The molecule has 5 nitrogen and oxygen atoms in total. The molecule has 0 aliphatic heterocycles. The third-order valence-electron chi connectivity index (χ3n) is 3.74. The normalized spacial score (nSPS) is 15.9. The van der Waals surface area contributed by atoms with Gasteiger partial charge < -0.3 is 10.6 Å². The summed E-state index contributed by atoms with van der Waals surface area (Å²) in [7, 11) is 2.12. The first-order chi connectivity index (χ1) is 8.78. The molecule has 2 aromatic rings. The minimum atomic E-state index is 0.624. The van der Waals surface area contributed by atoms with Gasteiger partial charge in [0.15, 0.2) is 5.65 Å². The lowest BCUT2D eigenvalue weighted by atomic mass is 9.92. The van der Waals surface area contributed by atoms with E-state index in [1.165, 1.54) is 19.3 Å². The zero-order valence-corrected chi connectivity index (χ0v) is 10.7. The van der Waals surface area contributed by atoms with Crippen molar-refractivity contribution in [3.05, 3.63) is 24.0 Å². The third kappa shape index (κ3) is 1.95. The SMILES string of the molecule is CN(c1ccc2nc(CCN)cn2n1)C1CCC1. The second-order valence-corrected chi connectivity index (χ2v) is 4.96. The van der Waals surface area contributed by atoms with E-state index in [0.717, 1.165) is 23.6 Å². The zero-order valence-electron chi connectivity index (χ0n) is 10.7.